The summed E-state index contributed by atoms with van der Waals surface area (Å²) in [6.07, 6.45) is 1.02. The number of hydrogen-bond acceptors (Lipinski definition) is 9. The summed E-state index contributed by atoms with van der Waals surface area (Å²) in [4.78, 5) is 34.7. The summed E-state index contributed by atoms with van der Waals surface area (Å²) in [5, 5.41) is 7.07. The van der Waals surface area contributed by atoms with E-state index in [0.29, 0.717) is 41.9 Å². The molecule has 0 unspecified atom stereocenters. The van der Waals surface area contributed by atoms with Crippen molar-refractivity contribution in [2.45, 2.75) is 54.4 Å². The molecule has 10 nitrogen and oxygen atoms in total. The van der Waals surface area contributed by atoms with Gasteiger partial charge in [0, 0.05) is 94.8 Å². The third-order valence-corrected chi connectivity index (χ3v) is 12.2. The summed E-state index contributed by atoms with van der Waals surface area (Å²) < 4.78 is 27.3. The third-order valence-electron chi connectivity index (χ3n) is 12.2. The van der Waals surface area contributed by atoms with Crippen molar-refractivity contribution in [3.8, 4) is 44.9 Å². The molecule has 8 rings (SSSR count). The smallest absolute Gasteiger partial charge is 0.338 e. The average molecular weight is 884 g/mol. The highest BCUT2D eigenvalue weighted by Crippen LogP contribution is 2.44. The highest BCUT2D eigenvalue weighted by atomic mass is 16.5. The quantitative estimate of drug-likeness (QED) is 0.0417. The van der Waals surface area contributed by atoms with Crippen molar-refractivity contribution in [1.82, 2.24) is 4.58 Å². The van der Waals surface area contributed by atoms with Gasteiger partial charge in [-0.25, -0.2) is 14.2 Å². The van der Waals surface area contributed by atoms with E-state index in [1.54, 1.807) is 6.07 Å². The molecule has 4 aromatic rings. The minimum absolute atomic E-state index is 0.164. The summed E-state index contributed by atoms with van der Waals surface area (Å²) in [7, 11) is 0. The number of anilines is 2. The molecule has 0 aromatic heterocycles. The van der Waals surface area contributed by atoms with Crippen LogP contribution in [-0.2, 0) is 9.47 Å². The SMILES string of the molecule is CCN=c1ccc2c(-c3ccccc3C(=O)OCCCCOC(=O)c3ccccc3-c3c4ccc(=[N+](CC)CC)cc-4oc4cc(N(CC)CC)ccc34)c3ccc(NCC)cc3oc-2c1. The van der Waals surface area contributed by atoms with E-state index >= 15 is 0 Å². The van der Waals surface area contributed by atoms with Gasteiger partial charge in [-0.15, -0.1) is 0 Å². The van der Waals surface area contributed by atoms with Crippen LogP contribution in [0.3, 0.4) is 0 Å². The lowest BCUT2D eigenvalue weighted by molar-refractivity contribution is 0.0433. The van der Waals surface area contributed by atoms with Crippen LogP contribution in [0.25, 0.3) is 66.8 Å². The highest BCUT2D eigenvalue weighted by molar-refractivity contribution is 6.09. The van der Waals surface area contributed by atoms with Crippen molar-refractivity contribution in [3.05, 3.63) is 143 Å². The van der Waals surface area contributed by atoms with E-state index in [0.717, 1.165) is 110 Å². The van der Waals surface area contributed by atoms with Gasteiger partial charge in [-0.1, -0.05) is 36.4 Å². The minimum atomic E-state index is -0.428. The Hall–Kier alpha value is -7.20. The first-order valence-electron chi connectivity index (χ1n) is 23.4. The molecule has 1 N–H and O–H groups in total. The Kier molecular flexibility index (Phi) is 14.3. The van der Waals surface area contributed by atoms with Gasteiger partial charge in [0.25, 0.3) is 0 Å². The van der Waals surface area contributed by atoms with Crippen molar-refractivity contribution in [1.29, 1.82) is 0 Å². The number of rotatable bonds is 17. The number of nitrogens with one attached hydrogen (secondary N) is 1. The molecule has 2 heterocycles. The monoisotopic (exact) mass is 883 g/mol. The number of carbonyl (C=O) groups is 2. The van der Waals surface area contributed by atoms with Gasteiger partial charge in [-0.3, -0.25) is 4.99 Å². The molecule has 338 valence electrons. The number of fused-ring (bicyclic) bond motifs is 4. The molecule has 2 aliphatic carbocycles. The van der Waals surface area contributed by atoms with Gasteiger partial charge in [0.2, 0.25) is 5.36 Å². The average Bonchev–Trinajstić information content (AvgIpc) is 3.34. The number of esters is 2. The molecule has 0 amide bonds. The second-order valence-electron chi connectivity index (χ2n) is 16.1. The highest BCUT2D eigenvalue weighted by Gasteiger charge is 2.25. The van der Waals surface area contributed by atoms with Crippen LogP contribution in [-0.4, -0.2) is 64.4 Å². The lowest BCUT2D eigenvalue weighted by Crippen LogP contribution is -2.29. The first-order chi connectivity index (χ1) is 32.3. The van der Waals surface area contributed by atoms with E-state index in [9.17, 15) is 9.59 Å². The van der Waals surface area contributed by atoms with Crippen LogP contribution in [0.5, 0.6) is 0 Å². The van der Waals surface area contributed by atoms with Gasteiger partial charge in [0.15, 0.2) is 0 Å². The number of ether oxygens (including phenoxy) is 2. The van der Waals surface area contributed by atoms with E-state index in [-0.39, 0.29) is 13.2 Å². The second-order valence-corrected chi connectivity index (χ2v) is 16.1. The Morgan fingerprint density at radius 3 is 1.74 bits per heavy atom. The molecule has 0 saturated carbocycles. The van der Waals surface area contributed by atoms with Gasteiger partial charge in [-0.2, -0.15) is 0 Å². The molecule has 0 spiro atoms. The summed E-state index contributed by atoms with van der Waals surface area (Å²) in [5.41, 5.74) is 9.50. The van der Waals surface area contributed by atoms with Gasteiger partial charge >= 0.3 is 11.9 Å². The summed E-state index contributed by atoms with van der Waals surface area (Å²) >= 11 is 0. The standard InChI is InChI=1S/C56H59N4O6/c1-7-57-37-23-27-45-49(33-37)65-50-34-38(58-8-2)24-28-46(50)53(45)41-19-13-15-21-43(41)55(61)63-31-17-18-32-64-56(62)44-22-16-14-20-42(44)54-47-29-25-39(59(9-3)10-4)35-51(47)66-52-36-40(26-30-48(52)54)60(11-5)12-6/h13-16,19-30,33-36,57H,7-12,17-18,31-32H2,1-6H3/q+1. The summed E-state index contributed by atoms with van der Waals surface area (Å²) in [6.45, 7) is 17.9. The second kappa shape index (κ2) is 20.7. The Morgan fingerprint density at radius 2 is 1.17 bits per heavy atom. The predicted octanol–water partition coefficient (Wildman–Crippen LogP) is 11.5. The number of nitrogens with zero attached hydrogens (tertiary/aromatic N) is 3. The molecule has 0 saturated heterocycles. The minimum Gasteiger partial charge on any atom is -0.462 e. The maximum Gasteiger partial charge on any atom is 0.338 e. The molecule has 4 aliphatic rings. The molecule has 4 aromatic carbocycles. The molecule has 0 bridgehead atoms. The first kappa shape index (κ1) is 45.4. The van der Waals surface area contributed by atoms with E-state index in [1.165, 1.54) is 0 Å². The van der Waals surface area contributed by atoms with Gasteiger partial charge in [0.05, 0.1) is 35.8 Å². The first-order valence-corrected chi connectivity index (χ1v) is 23.4. The van der Waals surface area contributed by atoms with E-state index in [4.69, 9.17) is 18.3 Å². The predicted molar refractivity (Wildman–Crippen MR) is 267 cm³/mol. The Balaban J connectivity index is 1.00. The van der Waals surface area contributed by atoms with Crippen molar-refractivity contribution < 1.29 is 27.9 Å². The van der Waals surface area contributed by atoms with Crippen LogP contribution in [0.4, 0.5) is 11.4 Å². The van der Waals surface area contributed by atoms with E-state index in [2.05, 4.69) is 90.8 Å². The van der Waals surface area contributed by atoms with Crippen LogP contribution in [0.1, 0.15) is 75.1 Å². The number of hydrogen-bond donors (Lipinski definition) is 1. The molecule has 0 atom stereocenters. The van der Waals surface area contributed by atoms with E-state index in [1.807, 2.05) is 85.8 Å². The summed E-state index contributed by atoms with van der Waals surface area (Å²) in [6, 6.07) is 39.8. The maximum atomic E-state index is 14.0. The van der Waals surface area contributed by atoms with Gasteiger partial charge < -0.3 is 28.5 Å². The normalized spacial score (nSPS) is 11.7. The zero-order valence-electron chi connectivity index (χ0n) is 38.9. The van der Waals surface area contributed by atoms with Crippen molar-refractivity contribution in [2.75, 3.05) is 62.7 Å². The largest absolute Gasteiger partial charge is 0.462 e. The lowest BCUT2D eigenvalue weighted by Gasteiger charge is -2.22. The van der Waals surface area contributed by atoms with Crippen molar-refractivity contribution in [3.63, 3.8) is 0 Å². The fraction of sp³-hybridized carbons (Fsp3) is 0.286. The van der Waals surface area contributed by atoms with Crippen LogP contribution in [0.2, 0.25) is 0 Å². The van der Waals surface area contributed by atoms with Crippen molar-refractivity contribution in [2.24, 2.45) is 4.99 Å². The van der Waals surface area contributed by atoms with E-state index < -0.39 is 11.9 Å². The van der Waals surface area contributed by atoms with Crippen LogP contribution in [0, 0.1) is 0 Å². The molecule has 2 aliphatic heterocycles. The van der Waals surface area contributed by atoms with Gasteiger partial charge in [0.1, 0.15) is 35.8 Å². The lowest BCUT2D eigenvalue weighted by atomic mass is 9.90. The molecule has 0 radical (unpaired) electrons. The zero-order valence-corrected chi connectivity index (χ0v) is 38.9. The number of benzene rings is 6. The molecule has 0 fully saturated rings. The molecule has 66 heavy (non-hydrogen) atoms. The molecular weight excluding hydrogens is 825 g/mol. The third kappa shape index (κ3) is 9.31. The number of carbonyl (C=O) groups excluding carboxylic acids is 2. The van der Waals surface area contributed by atoms with Crippen molar-refractivity contribution >= 4 is 45.3 Å². The Bertz CT molecular complexity index is 3100. The fourth-order valence-corrected chi connectivity index (χ4v) is 8.94. The Morgan fingerprint density at radius 1 is 0.606 bits per heavy atom. The number of unbranched alkanes of at least 4 members (excludes halogenated alkanes) is 1. The van der Waals surface area contributed by atoms with Gasteiger partial charge in [-0.05, 0) is 120 Å². The van der Waals surface area contributed by atoms with Crippen LogP contribution < -0.4 is 25.5 Å². The zero-order chi connectivity index (χ0) is 46.2. The maximum absolute atomic E-state index is 14.0. The molecular formula is C56H59N4O6+. The molecule has 10 heteroatoms. The topological polar surface area (TPSA) is 110 Å². The van der Waals surface area contributed by atoms with Crippen LogP contribution >= 0.6 is 0 Å². The summed E-state index contributed by atoms with van der Waals surface area (Å²) in [5.74, 6) is 0.579. The Labute approximate surface area is 386 Å². The van der Waals surface area contributed by atoms with Crippen LogP contribution in [0.15, 0.2) is 135 Å². The fourth-order valence-electron chi connectivity index (χ4n) is 8.94.